The monoisotopic (exact) mass is 396 g/mol. The largest absolute Gasteiger partial charge is 0.463 e. The fourth-order valence-corrected chi connectivity index (χ4v) is 2.58. The zero-order valence-electron chi connectivity index (χ0n) is 18.5. The van der Waals surface area contributed by atoms with Crippen LogP contribution in [0.15, 0.2) is 25.3 Å². The lowest BCUT2D eigenvalue weighted by Crippen LogP contribution is -2.01. The molecule has 0 aliphatic heterocycles. The molecule has 4 heteroatoms. The van der Waals surface area contributed by atoms with Crippen LogP contribution in [0.5, 0.6) is 0 Å². The molecule has 0 saturated heterocycles. The van der Waals surface area contributed by atoms with Gasteiger partial charge in [-0.1, -0.05) is 104 Å². The highest BCUT2D eigenvalue weighted by molar-refractivity contribution is 5.81. The summed E-state index contributed by atoms with van der Waals surface area (Å²) in [5.74, 6) is -0.623. The number of hydrogen-bond donors (Lipinski definition) is 0. The lowest BCUT2D eigenvalue weighted by Gasteiger charge is -2.03. The first kappa shape index (κ1) is 28.6. The summed E-state index contributed by atoms with van der Waals surface area (Å²) in [6, 6.07) is 0. The molecular weight excluding hydrogens is 352 g/mol. The molecule has 0 bridgehead atoms. The summed E-state index contributed by atoms with van der Waals surface area (Å²) in [4.78, 5) is 21.2. The van der Waals surface area contributed by atoms with Crippen molar-refractivity contribution in [1.29, 1.82) is 0 Å². The van der Waals surface area contributed by atoms with E-state index in [2.05, 4.69) is 27.0 Å². The molecule has 0 atom stereocenters. The maximum Gasteiger partial charge on any atom is 0.330 e. The van der Waals surface area contributed by atoms with Gasteiger partial charge in [-0.25, -0.2) is 9.59 Å². The summed E-state index contributed by atoms with van der Waals surface area (Å²) in [6.07, 6.45) is 19.9. The van der Waals surface area contributed by atoms with Crippen LogP contribution in [0.1, 0.15) is 104 Å². The van der Waals surface area contributed by atoms with E-state index in [0.29, 0.717) is 13.2 Å². The van der Waals surface area contributed by atoms with E-state index in [1.807, 2.05) is 0 Å². The van der Waals surface area contributed by atoms with Crippen molar-refractivity contribution in [3.63, 3.8) is 0 Å². The third-order valence-electron chi connectivity index (χ3n) is 4.32. The predicted octanol–water partition coefficient (Wildman–Crippen LogP) is 6.93. The van der Waals surface area contributed by atoms with Crippen LogP contribution in [0, 0.1) is 0 Å². The molecule has 0 unspecified atom stereocenters. The smallest absolute Gasteiger partial charge is 0.330 e. The topological polar surface area (TPSA) is 52.6 Å². The standard InChI is InChI=1S/C15H28O2.C9H16O2/c1-3-5-6-7-8-9-10-11-12-13-14-17-15(16)4-2;1-3-5-6-7-8-11-9(10)4-2/h4H,2-3,5-14H2,1H3;4H,2-3,5-8H2,1H3. The number of unbranched alkanes of at least 4 members (excludes halogenated alkanes) is 12. The van der Waals surface area contributed by atoms with Gasteiger partial charge in [0.2, 0.25) is 0 Å². The Morgan fingerprint density at radius 3 is 1.18 bits per heavy atom. The fraction of sp³-hybridized carbons (Fsp3) is 0.750. The van der Waals surface area contributed by atoms with Crippen molar-refractivity contribution in [2.75, 3.05) is 13.2 Å². The fourth-order valence-electron chi connectivity index (χ4n) is 2.58. The van der Waals surface area contributed by atoms with Crippen LogP contribution in [-0.4, -0.2) is 25.2 Å². The summed E-state index contributed by atoms with van der Waals surface area (Å²) in [5.41, 5.74) is 0. The number of esters is 2. The van der Waals surface area contributed by atoms with Gasteiger partial charge < -0.3 is 9.47 Å². The first-order valence-corrected chi connectivity index (χ1v) is 11.2. The lowest BCUT2D eigenvalue weighted by molar-refractivity contribution is -0.138. The van der Waals surface area contributed by atoms with Crippen LogP contribution in [-0.2, 0) is 19.1 Å². The quantitative estimate of drug-likeness (QED) is 0.143. The normalized spacial score (nSPS) is 9.79. The molecule has 0 aromatic heterocycles. The number of ether oxygens (including phenoxy) is 2. The zero-order valence-corrected chi connectivity index (χ0v) is 18.5. The predicted molar refractivity (Wildman–Crippen MR) is 118 cm³/mol. The molecule has 0 aromatic carbocycles. The minimum atomic E-state index is -0.318. The van der Waals surface area contributed by atoms with Gasteiger partial charge in [0.05, 0.1) is 13.2 Å². The van der Waals surface area contributed by atoms with Crippen molar-refractivity contribution >= 4 is 11.9 Å². The van der Waals surface area contributed by atoms with Crippen LogP contribution < -0.4 is 0 Å². The molecule has 0 radical (unpaired) electrons. The summed E-state index contributed by atoms with van der Waals surface area (Å²) in [6.45, 7) is 12.1. The Morgan fingerprint density at radius 2 is 0.857 bits per heavy atom. The molecule has 164 valence electrons. The molecule has 0 spiro atoms. The van der Waals surface area contributed by atoms with E-state index < -0.39 is 0 Å². The van der Waals surface area contributed by atoms with Gasteiger partial charge in [0, 0.05) is 12.2 Å². The van der Waals surface area contributed by atoms with Crippen molar-refractivity contribution in [1.82, 2.24) is 0 Å². The van der Waals surface area contributed by atoms with Crippen molar-refractivity contribution in [2.45, 2.75) is 104 Å². The van der Waals surface area contributed by atoms with Gasteiger partial charge in [-0.05, 0) is 12.8 Å². The Hall–Kier alpha value is -1.58. The minimum Gasteiger partial charge on any atom is -0.463 e. The van der Waals surface area contributed by atoms with Crippen LogP contribution in [0.4, 0.5) is 0 Å². The number of carbonyl (C=O) groups is 2. The lowest BCUT2D eigenvalue weighted by atomic mass is 10.1. The number of carbonyl (C=O) groups excluding carboxylic acids is 2. The zero-order chi connectivity index (χ0) is 21.3. The van der Waals surface area contributed by atoms with Crippen molar-refractivity contribution in [3.8, 4) is 0 Å². The summed E-state index contributed by atoms with van der Waals surface area (Å²) < 4.78 is 9.69. The molecule has 0 heterocycles. The molecule has 0 rings (SSSR count). The van der Waals surface area contributed by atoms with E-state index in [9.17, 15) is 9.59 Å². The van der Waals surface area contributed by atoms with Gasteiger partial charge in [-0.3, -0.25) is 0 Å². The maximum absolute atomic E-state index is 10.7. The second-order valence-electron chi connectivity index (χ2n) is 6.99. The first-order valence-electron chi connectivity index (χ1n) is 11.2. The molecule has 0 aromatic rings. The van der Waals surface area contributed by atoms with E-state index in [-0.39, 0.29) is 11.9 Å². The van der Waals surface area contributed by atoms with Crippen molar-refractivity contribution in [3.05, 3.63) is 25.3 Å². The van der Waals surface area contributed by atoms with E-state index >= 15 is 0 Å². The third kappa shape index (κ3) is 26.6. The van der Waals surface area contributed by atoms with Crippen LogP contribution in [0.2, 0.25) is 0 Å². The van der Waals surface area contributed by atoms with Gasteiger partial charge in [0.25, 0.3) is 0 Å². The molecule has 0 aliphatic carbocycles. The average molecular weight is 397 g/mol. The maximum atomic E-state index is 10.7. The van der Waals surface area contributed by atoms with E-state index in [4.69, 9.17) is 9.47 Å². The van der Waals surface area contributed by atoms with Gasteiger partial charge >= 0.3 is 11.9 Å². The molecule has 0 fully saturated rings. The SMILES string of the molecule is C=CC(=O)OCCCCCC.C=CC(=O)OCCCCCCCCCCCC. The molecule has 0 aliphatic rings. The molecule has 0 saturated carbocycles. The Bertz CT molecular complexity index is 377. The van der Waals surface area contributed by atoms with Gasteiger partial charge in [-0.2, -0.15) is 0 Å². The molecular formula is C24H44O4. The molecule has 0 N–H and O–H groups in total. The summed E-state index contributed by atoms with van der Waals surface area (Å²) in [7, 11) is 0. The average Bonchev–Trinajstić information content (AvgIpc) is 2.71. The molecule has 4 nitrogen and oxygen atoms in total. The molecule has 28 heavy (non-hydrogen) atoms. The van der Waals surface area contributed by atoms with Crippen LogP contribution in [0.3, 0.4) is 0 Å². The van der Waals surface area contributed by atoms with Crippen molar-refractivity contribution in [2.24, 2.45) is 0 Å². The first-order chi connectivity index (χ1) is 13.6. The Balaban J connectivity index is 0. The molecule has 0 amide bonds. The highest BCUT2D eigenvalue weighted by Crippen LogP contribution is 2.10. The highest BCUT2D eigenvalue weighted by Gasteiger charge is 1.96. The van der Waals surface area contributed by atoms with Gasteiger partial charge in [-0.15, -0.1) is 0 Å². The minimum absolute atomic E-state index is 0.305. The third-order valence-corrected chi connectivity index (χ3v) is 4.32. The second kappa shape index (κ2) is 25.4. The number of rotatable bonds is 18. The van der Waals surface area contributed by atoms with E-state index in [1.54, 1.807) is 0 Å². The van der Waals surface area contributed by atoms with Crippen LogP contribution in [0.25, 0.3) is 0 Å². The highest BCUT2D eigenvalue weighted by atomic mass is 16.5. The summed E-state index contributed by atoms with van der Waals surface area (Å²) >= 11 is 0. The second-order valence-corrected chi connectivity index (χ2v) is 6.99. The Morgan fingerprint density at radius 1 is 0.571 bits per heavy atom. The number of hydrogen-bond acceptors (Lipinski definition) is 4. The van der Waals surface area contributed by atoms with Crippen LogP contribution >= 0.6 is 0 Å². The van der Waals surface area contributed by atoms with E-state index in [1.165, 1.54) is 82.8 Å². The van der Waals surface area contributed by atoms with Gasteiger partial charge in [0.15, 0.2) is 0 Å². The Kier molecular flexibility index (Phi) is 26.0. The summed E-state index contributed by atoms with van der Waals surface area (Å²) in [5, 5.41) is 0. The van der Waals surface area contributed by atoms with Gasteiger partial charge in [0.1, 0.15) is 0 Å². The Labute approximate surface area is 173 Å². The van der Waals surface area contributed by atoms with E-state index in [0.717, 1.165) is 19.3 Å². The van der Waals surface area contributed by atoms with Crippen molar-refractivity contribution < 1.29 is 19.1 Å².